The van der Waals surface area contributed by atoms with E-state index in [1.54, 1.807) is 6.20 Å². The molecule has 158 valence electrons. The Morgan fingerprint density at radius 1 is 1.07 bits per heavy atom. The summed E-state index contributed by atoms with van der Waals surface area (Å²) in [5, 5.41) is 3.62. The molecule has 30 heavy (non-hydrogen) atoms. The fraction of sp³-hybridized carbons (Fsp3) is 0.409. The van der Waals surface area contributed by atoms with Gasteiger partial charge >= 0.3 is 0 Å². The van der Waals surface area contributed by atoms with E-state index in [-0.39, 0.29) is 18.2 Å². The van der Waals surface area contributed by atoms with E-state index in [4.69, 9.17) is 11.6 Å². The monoisotopic (exact) mass is 427 g/mol. The fourth-order valence-electron chi connectivity index (χ4n) is 4.07. The van der Waals surface area contributed by atoms with E-state index >= 15 is 0 Å². The molecule has 2 fully saturated rings. The number of anilines is 1. The minimum absolute atomic E-state index is 0.0156. The van der Waals surface area contributed by atoms with E-state index in [1.165, 1.54) is 0 Å². The standard InChI is InChI=1S/C22H26ClN5O2/c23-18-6-1-2-7-19(18)26-11-13-27(14-12-26)21(29)15-20-22(30)25-9-10-28(20)16-17-5-3-4-8-24-17/h1-8,20H,9-16H2,(H,25,30). The Labute approximate surface area is 181 Å². The summed E-state index contributed by atoms with van der Waals surface area (Å²) in [6.45, 7) is 4.56. The van der Waals surface area contributed by atoms with Crippen molar-refractivity contribution in [3.63, 3.8) is 0 Å². The maximum Gasteiger partial charge on any atom is 0.237 e. The van der Waals surface area contributed by atoms with Crippen LogP contribution in [0.25, 0.3) is 0 Å². The van der Waals surface area contributed by atoms with Crippen molar-refractivity contribution in [2.45, 2.75) is 19.0 Å². The first-order valence-corrected chi connectivity index (χ1v) is 10.7. The number of nitrogens with one attached hydrogen (secondary N) is 1. The lowest BCUT2D eigenvalue weighted by atomic mass is 10.1. The van der Waals surface area contributed by atoms with Gasteiger partial charge in [0.15, 0.2) is 0 Å². The quantitative estimate of drug-likeness (QED) is 0.787. The van der Waals surface area contributed by atoms with Crippen molar-refractivity contribution in [3.05, 3.63) is 59.4 Å². The Morgan fingerprint density at radius 2 is 1.83 bits per heavy atom. The fourth-order valence-corrected chi connectivity index (χ4v) is 4.33. The van der Waals surface area contributed by atoms with Gasteiger partial charge in [-0.25, -0.2) is 0 Å². The van der Waals surface area contributed by atoms with Crippen LogP contribution in [0.5, 0.6) is 0 Å². The molecule has 1 aromatic heterocycles. The van der Waals surface area contributed by atoms with Gasteiger partial charge in [0, 0.05) is 52.0 Å². The number of rotatable bonds is 5. The molecule has 7 nitrogen and oxygen atoms in total. The SMILES string of the molecule is O=C1NCCN(Cc2ccccn2)C1CC(=O)N1CCN(c2ccccc2Cl)CC1. The highest BCUT2D eigenvalue weighted by Gasteiger charge is 2.34. The first-order valence-electron chi connectivity index (χ1n) is 10.3. The van der Waals surface area contributed by atoms with Gasteiger partial charge in [0.2, 0.25) is 11.8 Å². The van der Waals surface area contributed by atoms with Crippen molar-refractivity contribution in [3.8, 4) is 0 Å². The van der Waals surface area contributed by atoms with E-state index in [2.05, 4.69) is 20.1 Å². The molecule has 1 atom stereocenters. The molecule has 0 saturated carbocycles. The van der Waals surface area contributed by atoms with Gasteiger partial charge in [-0.1, -0.05) is 29.8 Å². The summed E-state index contributed by atoms with van der Waals surface area (Å²) in [6.07, 6.45) is 1.93. The summed E-state index contributed by atoms with van der Waals surface area (Å²) in [5.74, 6) is -0.0675. The minimum atomic E-state index is -0.463. The number of carbonyl (C=O) groups is 2. The number of amides is 2. The van der Waals surface area contributed by atoms with Crippen molar-refractivity contribution in [2.24, 2.45) is 0 Å². The van der Waals surface area contributed by atoms with Gasteiger partial charge in [0.25, 0.3) is 0 Å². The van der Waals surface area contributed by atoms with Gasteiger partial charge in [-0.05, 0) is 24.3 Å². The molecular formula is C22H26ClN5O2. The van der Waals surface area contributed by atoms with Gasteiger partial charge in [-0.2, -0.15) is 0 Å². The Balaban J connectivity index is 1.36. The largest absolute Gasteiger partial charge is 0.367 e. The Bertz CT molecular complexity index is 886. The number of hydrogen-bond donors (Lipinski definition) is 1. The van der Waals surface area contributed by atoms with Gasteiger partial charge in [-0.15, -0.1) is 0 Å². The van der Waals surface area contributed by atoms with E-state index in [9.17, 15) is 9.59 Å². The second kappa shape index (κ2) is 9.45. The number of benzene rings is 1. The van der Waals surface area contributed by atoms with E-state index in [1.807, 2.05) is 47.4 Å². The van der Waals surface area contributed by atoms with Crippen LogP contribution in [0.4, 0.5) is 5.69 Å². The third-order valence-electron chi connectivity index (χ3n) is 5.73. The van der Waals surface area contributed by atoms with Crippen molar-refractivity contribution in [1.82, 2.24) is 20.1 Å². The van der Waals surface area contributed by atoms with Crippen LogP contribution in [-0.2, 0) is 16.1 Å². The summed E-state index contributed by atoms with van der Waals surface area (Å²) in [6, 6.07) is 13.1. The van der Waals surface area contributed by atoms with Gasteiger partial charge in [-0.3, -0.25) is 19.5 Å². The zero-order chi connectivity index (χ0) is 20.9. The second-order valence-corrected chi connectivity index (χ2v) is 8.03. The van der Waals surface area contributed by atoms with Crippen molar-refractivity contribution in [2.75, 3.05) is 44.2 Å². The van der Waals surface area contributed by atoms with Gasteiger partial charge in [0.05, 0.1) is 28.9 Å². The molecule has 1 unspecified atom stereocenters. The van der Waals surface area contributed by atoms with Crippen molar-refractivity contribution < 1.29 is 9.59 Å². The highest BCUT2D eigenvalue weighted by atomic mass is 35.5. The predicted molar refractivity (Wildman–Crippen MR) is 116 cm³/mol. The molecule has 0 bridgehead atoms. The molecular weight excluding hydrogens is 402 g/mol. The van der Waals surface area contributed by atoms with Gasteiger partial charge < -0.3 is 15.1 Å². The lowest BCUT2D eigenvalue weighted by molar-refractivity contribution is -0.139. The highest BCUT2D eigenvalue weighted by molar-refractivity contribution is 6.33. The number of carbonyl (C=O) groups excluding carboxylic acids is 2. The number of hydrogen-bond acceptors (Lipinski definition) is 5. The molecule has 2 saturated heterocycles. The molecule has 1 aromatic carbocycles. The average molecular weight is 428 g/mol. The summed E-state index contributed by atoms with van der Waals surface area (Å²) in [5.41, 5.74) is 1.90. The Morgan fingerprint density at radius 3 is 2.57 bits per heavy atom. The summed E-state index contributed by atoms with van der Waals surface area (Å²) < 4.78 is 0. The van der Waals surface area contributed by atoms with E-state index in [0.29, 0.717) is 32.7 Å². The molecule has 0 spiro atoms. The van der Waals surface area contributed by atoms with Crippen LogP contribution in [0.15, 0.2) is 48.7 Å². The number of nitrogens with zero attached hydrogens (tertiary/aromatic N) is 4. The topological polar surface area (TPSA) is 68.8 Å². The Kier molecular flexibility index (Phi) is 6.50. The molecule has 2 aliphatic rings. The molecule has 3 heterocycles. The molecule has 2 amide bonds. The van der Waals surface area contributed by atoms with Gasteiger partial charge in [0.1, 0.15) is 0 Å². The maximum atomic E-state index is 13.0. The molecule has 1 N–H and O–H groups in total. The van der Waals surface area contributed by atoms with Crippen LogP contribution in [0.2, 0.25) is 5.02 Å². The van der Waals surface area contributed by atoms with Crippen LogP contribution in [0.1, 0.15) is 12.1 Å². The zero-order valence-corrected chi connectivity index (χ0v) is 17.6. The van der Waals surface area contributed by atoms with Crippen molar-refractivity contribution >= 4 is 29.1 Å². The summed E-state index contributed by atoms with van der Waals surface area (Å²) in [7, 11) is 0. The number of para-hydroxylation sites is 1. The number of halogens is 1. The number of aromatic nitrogens is 1. The highest BCUT2D eigenvalue weighted by Crippen LogP contribution is 2.26. The number of pyridine rings is 1. The normalized spacial score (nSPS) is 20.2. The van der Waals surface area contributed by atoms with Crippen LogP contribution in [0, 0.1) is 0 Å². The summed E-state index contributed by atoms with van der Waals surface area (Å²) in [4.78, 5) is 36.0. The lowest BCUT2D eigenvalue weighted by Gasteiger charge is -2.39. The van der Waals surface area contributed by atoms with Crippen molar-refractivity contribution in [1.29, 1.82) is 0 Å². The molecule has 4 rings (SSSR count). The van der Waals surface area contributed by atoms with Crippen LogP contribution < -0.4 is 10.2 Å². The summed E-state index contributed by atoms with van der Waals surface area (Å²) >= 11 is 6.31. The van der Waals surface area contributed by atoms with E-state index < -0.39 is 6.04 Å². The number of piperazine rings is 2. The maximum absolute atomic E-state index is 13.0. The first kappa shape index (κ1) is 20.6. The molecule has 0 aliphatic carbocycles. The second-order valence-electron chi connectivity index (χ2n) is 7.62. The van der Waals surface area contributed by atoms with Crippen LogP contribution >= 0.6 is 11.6 Å². The van der Waals surface area contributed by atoms with E-state index in [0.717, 1.165) is 29.5 Å². The third kappa shape index (κ3) is 4.74. The van der Waals surface area contributed by atoms with Crippen LogP contribution in [0.3, 0.4) is 0 Å². The smallest absolute Gasteiger partial charge is 0.237 e. The first-order chi connectivity index (χ1) is 14.6. The lowest BCUT2D eigenvalue weighted by Crippen LogP contribution is -2.57. The minimum Gasteiger partial charge on any atom is -0.367 e. The third-order valence-corrected chi connectivity index (χ3v) is 6.05. The zero-order valence-electron chi connectivity index (χ0n) is 16.8. The predicted octanol–water partition coefficient (Wildman–Crippen LogP) is 1.77. The molecule has 0 radical (unpaired) electrons. The Hall–Kier alpha value is -2.64. The molecule has 8 heteroatoms. The molecule has 2 aromatic rings. The average Bonchev–Trinajstić information content (AvgIpc) is 2.77. The van der Waals surface area contributed by atoms with Crippen LogP contribution in [-0.4, -0.2) is 71.9 Å². The molecule has 2 aliphatic heterocycles.